The van der Waals surface area contributed by atoms with Gasteiger partial charge in [-0.05, 0) is 75.3 Å². The molecule has 0 radical (unpaired) electrons. The molecule has 0 bridgehead atoms. The maximum Gasteiger partial charge on any atom is 0.160 e. The van der Waals surface area contributed by atoms with Crippen molar-refractivity contribution in [2.24, 2.45) is 0 Å². The van der Waals surface area contributed by atoms with E-state index in [1.165, 1.54) is 0 Å². The van der Waals surface area contributed by atoms with E-state index in [2.05, 4.69) is 145 Å². The Hall–Kier alpha value is -8.15. The Morgan fingerprint density at radius 2 is 0.683 bits per heavy atom. The molecule has 10 aromatic rings. The minimum absolute atomic E-state index is 0.706. The van der Waals surface area contributed by atoms with Crippen LogP contribution in [0.5, 0.6) is 0 Å². The lowest BCUT2D eigenvalue weighted by molar-refractivity contribution is 1.18. The zero-order valence-electron chi connectivity index (χ0n) is 32.6. The summed E-state index contributed by atoms with van der Waals surface area (Å²) in [5.41, 5.74) is 16.9. The van der Waals surface area contributed by atoms with E-state index in [4.69, 9.17) is 19.9 Å². The maximum atomic E-state index is 5.08. The molecule has 0 N–H and O–H groups in total. The van der Waals surface area contributed by atoms with Gasteiger partial charge in [-0.15, -0.1) is 0 Å². The topological polar surface area (TPSA) is 64.5 Å². The van der Waals surface area contributed by atoms with Gasteiger partial charge in [-0.1, -0.05) is 176 Å². The van der Waals surface area contributed by atoms with Gasteiger partial charge in [-0.3, -0.25) is 9.97 Å². The fourth-order valence-corrected chi connectivity index (χ4v) is 7.54. The zero-order valence-corrected chi connectivity index (χ0v) is 32.6. The molecule has 4 heterocycles. The van der Waals surface area contributed by atoms with Gasteiger partial charge >= 0.3 is 0 Å². The molecule has 0 unspecified atom stereocenters. The SMILES string of the molecule is c1ccc(-c2cc(-c3ccc(-c4ccc(-c5ccc(-c6cc(-c7ccccc7-c7ccccc7)cc(-c7ccccn7)n6)nc5)cc4)cc3)nc(-c3ccccc3)n2)cc1. The summed E-state index contributed by atoms with van der Waals surface area (Å²) in [6, 6.07) is 73.0. The summed E-state index contributed by atoms with van der Waals surface area (Å²) in [5, 5.41) is 0. The molecular formula is C55H37N5. The highest BCUT2D eigenvalue weighted by Crippen LogP contribution is 2.36. The Morgan fingerprint density at radius 1 is 0.233 bits per heavy atom. The molecule has 0 fully saturated rings. The summed E-state index contributed by atoms with van der Waals surface area (Å²) in [4.78, 5) is 24.6. The van der Waals surface area contributed by atoms with E-state index in [0.29, 0.717) is 5.82 Å². The molecule has 0 aliphatic heterocycles. The number of aromatic nitrogens is 5. The highest BCUT2D eigenvalue weighted by Gasteiger charge is 2.15. The summed E-state index contributed by atoms with van der Waals surface area (Å²) in [5.74, 6) is 0.706. The maximum absolute atomic E-state index is 5.08. The highest BCUT2D eigenvalue weighted by atomic mass is 14.9. The van der Waals surface area contributed by atoms with Crippen molar-refractivity contribution in [3.05, 3.63) is 225 Å². The Kier molecular flexibility index (Phi) is 9.88. The number of benzene rings is 6. The predicted octanol–water partition coefficient (Wildman–Crippen LogP) is 13.7. The van der Waals surface area contributed by atoms with Crippen LogP contribution in [-0.2, 0) is 0 Å². The molecule has 60 heavy (non-hydrogen) atoms. The minimum Gasteiger partial charge on any atom is -0.255 e. The minimum atomic E-state index is 0.706. The van der Waals surface area contributed by atoms with Crippen molar-refractivity contribution in [2.45, 2.75) is 0 Å². The van der Waals surface area contributed by atoms with E-state index < -0.39 is 0 Å². The first kappa shape index (κ1) is 36.2. The van der Waals surface area contributed by atoms with Crippen LogP contribution in [0.25, 0.3) is 101 Å². The van der Waals surface area contributed by atoms with Gasteiger partial charge in [0.05, 0.1) is 34.2 Å². The molecule has 5 nitrogen and oxygen atoms in total. The van der Waals surface area contributed by atoms with Crippen molar-refractivity contribution >= 4 is 0 Å². The van der Waals surface area contributed by atoms with Crippen molar-refractivity contribution < 1.29 is 0 Å². The van der Waals surface area contributed by atoms with Crippen LogP contribution in [0.3, 0.4) is 0 Å². The van der Waals surface area contributed by atoms with Gasteiger partial charge in [0.15, 0.2) is 5.82 Å². The van der Waals surface area contributed by atoms with Crippen molar-refractivity contribution in [3.8, 4) is 101 Å². The number of hydrogen-bond acceptors (Lipinski definition) is 5. The Balaban J connectivity index is 0.922. The average Bonchev–Trinajstić information content (AvgIpc) is 3.35. The van der Waals surface area contributed by atoms with Gasteiger partial charge in [0.25, 0.3) is 0 Å². The molecular weight excluding hydrogens is 731 g/mol. The first-order chi connectivity index (χ1) is 29.7. The van der Waals surface area contributed by atoms with Crippen LogP contribution in [0.4, 0.5) is 0 Å². The van der Waals surface area contributed by atoms with Crippen molar-refractivity contribution in [3.63, 3.8) is 0 Å². The number of pyridine rings is 3. The van der Waals surface area contributed by atoms with Crippen LogP contribution >= 0.6 is 0 Å². The molecule has 0 saturated carbocycles. The summed E-state index contributed by atoms with van der Waals surface area (Å²) in [7, 11) is 0. The van der Waals surface area contributed by atoms with Gasteiger partial charge in [-0.25, -0.2) is 15.0 Å². The van der Waals surface area contributed by atoms with Crippen molar-refractivity contribution in [1.82, 2.24) is 24.9 Å². The Labute approximate surface area is 349 Å². The number of nitrogens with zero attached hydrogens (tertiary/aromatic N) is 5. The van der Waals surface area contributed by atoms with Crippen LogP contribution in [0, 0.1) is 0 Å². The van der Waals surface area contributed by atoms with E-state index in [9.17, 15) is 0 Å². The molecule has 5 heteroatoms. The molecule has 0 amide bonds. The second-order valence-corrected chi connectivity index (χ2v) is 14.5. The third-order valence-electron chi connectivity index (χ3n) is 10.7. The molecule has 4 aromatic heterocycles. The molecule has 6 aromatic carbocycles. The number of hydrogen-bond donors (Lipinski definition) is 0. The van der Waals surface area contributed by atoms with Crippen LogP contribution in [0.2, 0.25) is 0 Å². The summed E-state index contributed by atoms with van der Waals surface area (Å²) >= 11 is 0. The van der Waals surface area contributed by atoms with Crippen molar-refractivity contribution in [2.75, 3.05) is 0 Å². The van der Waals surface area contributed by atoms with E-state index >= 15 is 0 Å². The molecule has 0 spiro atoms. The van der Waals surface area contributed by atoms with E-state index in [-0.39, 0.29) is 0 Å². The van der Waals surface area contributed by atoms with Gasteiger partial charge in [-0.2, -0.15) is 0 Å². The largest absolute Gasteiger partial charge is 0.255 e. The predicted molar refractivity (Wildman–Crippen MR) is 244 cm³/mol. The quantitative estimate of drug-likeness (QED) is 0.146. The normalized spacial score (nSPS) is 11.0. The molecule has 10 rings (SSSR count). The fraction of sp³-hybridized carbons (Fsp3) is 0. The first-order valence-electron chi connectivity index (χ1n) is 20.0. The monoisotopic (exact) mass is 767 g/mol. The van der Waals surface area contributed by atoms with Gasteiger partial charge in [0.2, 0.25) is 0 Å². The van der Waals surface area contributed by atoms with Crippen molar-refractivity contribution in [1.29, 1.82) is 0 Å². The third kappa shape index (κ3) is 7.63. The molecule has 282 valence electrons. The first-order valence-corrected chi connectivity index (χ1v) is 20.0. The second kappa shape index (κ2) is 16.4. The fourth-order valence-electron chi connectivity index (χ4n) is 7.54. The third-order valence-corrected chi connectivity index (χ3v) is 10.7. The standard InChI is InChI=1S/C55H37N5/c1-4-14-41(15-5-1)47-20-10-11-21-48(47)46-34-53(49-22-12-13-33-56-49)58-54(35-46)50-32-31-45(37-57-50)40-25-23-38(24-26-40)39-27-29-43(30-28-39)52-36-51(42-16-6-2-7-17-42)59-55(60-52)44-18-8-3-9-19-44/h1-37H. The molecule has 0 saturated heterocycles. The Bertz CT molecular complexity index is 2970. The lowest BCUT2D eigenvalue weighted by atomic mass is 9.93. The van der Waals surface area contributed by atoms with Crippen LogP contribution in [-0.4, -0.2) is 24.9 Å². The van der Waals surface area contributed by atoms with E-state index in [0.717, 1.165) is 95.4 Å². The molecule has 0 aliphatic carbocycles. The summed E-state index contributed by atoms with van der Waals surface area (Å²) in [6.07, 6.45) is 3.73. The van der Waals surface area contributed by atoms with Crippen LogP contribution in [0.15, 0.2) is 225 Å². The lowest BCUT2D eigenvalue weighted by Gasteiger charge is -2.13. The van der Waals surface area contributed by atoms with Gasteiger partial charge in [0, 0.05) is 34.6 Å². The smallest absolute Gasteiger partial charge is 0.160 e. The van der Waals surface area contributed by atoms with Crippen LogP contribution in [0.1, 0.15) is 0 Å². The zero-order chi connectivity index (χ0) is 40.1. The summed E-state index contributed by atoms with van der Waals surface area (Å²) in [6.45, 7) is 0. The van der Waals surface area contributed by atoms with E-state index in [1.54, 1.807) is 6.20 Å². The number of rotatable bonds is 9. The lowest BCUT2D eigenvalue weighted by Crippen LogP contribution is -1.95. The average molecular weight is 768 g/mol. The second-order valence-electron chi connectivity index (χ2n) is 14.5. The Morgan fingerprint density at radius 3 is 1.23 bits per heavy atom. The van der Waals surface area contributed by atoms with Gasteiger partial charge < -0.3 is 0 Å². The van der Waals surface area contributed by atoms with Crippen LogP contribution < -0.4 is 0 Å². The molecule has 0 atom stereocenters. The van der Waals surface area contributed by atoms with Gasteiger partial charge in [0.1, 0.15) is 0 Å². The van der Waals surface area contributed by atoms with E-state index in [1.807, 2.05) is 79.0 Å². The molecule has 0 aliphatic rings. The summed E-state index contributed by atoms with van der Waals surface area (Å²) < 4.78 is 0. The highest BCUT2D eigenvalue weighted by molar-refractivity contribution is 5.86.